The lowest BCUT2D eigenvalue weighted by Crippen LogP contribution is -2.04. The first-order valence-corrected chi connectivity index (χ1v) is 8.57. The first kappa shape index (κ1) is 17.9. The Hall–Kier alpha value is -2.95. The zero-order valence-electron chi connectivity index (χ0n) is 15.2. The number of hydrogen-bond donors (Lipinski definition) is 0. The topological polar surface area (TPSA) is 65.4 Å². The zero-order valence-corrected chi connectivity index (χ0v) is 15.2. The Kier molecular flexibility index (Phi) is 4.89. The third-order valence-corrected chi connectivity index (χ3v) is 4.67. The second kappa shape index (κ2) is 7.12. The highest BCUT2D eigenvalue weighted by Crippen LogP contribution is 2.31. The molecule has 0 fully saturated rings. The number of ether oxygens (including phenoxy) is 1. The summed E-state index contributed by atoms with van der Waals surface area (Å²) in [4.78, 5) is 35.0. The number of nitrogens with zero attached hydrogens (tertiary/aromatic N) is 1. The first-order chi connectivity index (χ1) is 12.4. The second-order valence-electron chi connectivity index (χ2n) is 6.41. The lowest BCUT2D eigenvalue weighted by Gasteiger charge is -2.07. The number of aromatic nitrogens is 1. The Labute approximate surface area is 151 Å². The summed E-state index contributed by atoms with van der Waals surface area (Å²) in [6.45, 7) is 3.73. The van der Waals surface area contributed by atoms with E-state index in [1.165, 1.54) is 21.0 Å². The van der Waals surface area contributed by atoms with Crippen molar-refractivity contribution in [2.45, 2.75) is 33.2 Å². The molecule has 0 radical (unpaired) electrons. The molecule has 1 heterocycles. The van der Waals surface area contributed by atoms with Crippen molar-refractivity contribution >= 4 is 39.3 Å². The molecule has 3 rings (SSSR count). The van der Waals surface area contributed by atoms with Gasteiger partial charge < -0.3 is 9.30 Å². The first-order valence-electron chi connectivity index (χ1n) is 8.57. The summed E-state index contributed by atoms with van der Waals surface area (Å²) >= 11 is 0. The van der Waals surface area contributed by atoms with Crippen molar-refractivity contribution in [2.75, 3.05) is 7.11 Å². The number of methoxy groups -OCH3 is 1. The normalized spacial score (nSPS) is 11.0. The van der Waals surface area contributed by atoms with Crippen molar-refractivity contribution < 1.29 is 19.1 Å². The van der Waals surface area contributed by atoms with Crippen molar-refractivity contribution in [3.63, 3.8) is 0 Å². The molecule has 0 aliphatic heterocycles. The van der Waals surface area contributed by atoms with E-state index in [1.807, 2.05) is 36.4 Å². The maximum atomic E-state index is 11.8. The second-order valence-corrected chi connectivity index (χ2v) is 6.41. The van der Waals surface area contributed by atoms with Crippen molar-refractivity contribution in [3.05, 3.63) is 47.5 Å². The maximum Gasteiger partial charge on any atom is 0.305 e. The van der Waals surface area contributed by atoms with Crippen LogP contribution in [0.4, 0.5) is 0 Å². The van der Waals surface area contributed by atoms with Crippen molar-refractivity contribution in [1.82, 2.24) is 4.57 Å². The van der Waals surface area contributed by atoms with Gasteiger partial charge in [-0.3, -0.25) is 14.4 Å². The molecule has 1 aromatic heterocycles. The lowest BCUT2D eigenvalue weighted by molar-refractivity contribution is -0.140. The number of rotatable bonds is 6. The molecule has 3 aromatic rings. The highest BCUT2D eigenvalue weighted by Gasteiger charge is 2.14. The molecule has 0 saturated heterocycles. The third kappa shape index (κ3) is 3.25. The predicted octanol–water partition coefficient (Wildman–Crippen LogP) is 4.15. The predicted molar refractivity (Wildman–Crippen MR) is 101 cm³/mol. The minimum absolute atomic E-state index is 0.00112. The van der Waals surface area contributed by atoms with E-state index in [-0.39, 0.29) is 17.5 Å². The molecule has 0 unspecified atom stereocenters. The molecular formula is C21H21NO4. The van der Waals surface area contributed by atoms with Crippen LogP contribution in [0.25, 0.3) is 21.8 Å². The van der Waals surface area contributed by atoms with Crippen LogP contribution in [0.1, 0.15) is 47.4 Å². The van der Waals surface area contributed by atoms with Crippen LogP contribution in [-0.2, 0) is 16.1 Å². The van der Waals surface area contributed by atoms with Crippen LogP contribution in [-0.4, -0.2) is 29.2 Å². The summed E-state index contributed by atoms with van der Waals surface area (Å²) in [5.74, 6) is -0.231. The van der Waals surface area contributed by atoms with Crippen LogP contribution >= 0.6 is 0 Å². The summed E-state index contributed by atoms with van der Waals surface area (Å²) in [6.07, 6.45) is 0.989. The van der Waals surface area contributed by atoms with Gasteiger partial charge in [0.25, 0.3) is 0 Å². The van der Waals surface area contributed by atoms with Crippen LogP contribution in [0.5, 0.6) is 0 Å². The van der Waals surface area contributed by atoms with Gasteiger partial charge in [-0.25, -0.2) is 0 Å². The number of carbonyl (C=O) groups excluding carboxylic acids is 3. The Morgan fingerprint density at radius 2 is 1.38 bits per heavy atom. The largest absolute Gasteiger partial charge is 0.469 e. The quantitative estimate of drug-likeness (QED) is 0.494. The average Bonchev–Trinajstić information content (AvgIpc) is 2.94. The molecule has 0 saturated carbocycles. The minimum atomic E-state index is -0.233. The summed E-state index contributed by atoms with van der Waals surface area (Å²) in [7, 11) is 1.38. The van der Waals surface area contributed by atoms with Crippen molar-refractivity contribution in [1.29, 1.82) is 0 Å². The van der Waals surface area contributed by atoms with Crippen LogP contribution in [0.3, 0.4) is 0 Å². The number of hydrogen-bond acceptors (Lipinski definition) is 4. The SMILES string of the molecule is COC(=O)CCCn1c2ccc(C(C)=O)cc2c2cc(C(C)=O)ccc21. The Balaban J connectivity index is 2.16. The summed E-state index contributed by atoms with van der Waals surface area (Å²) in [5.41, 5.74) is 3.24. The Morgan fingerprint density at radius 1 is 0.885 bits per heavy atom. The number of esters is 1. The molecule has 2 aromatic carbocycles. The van der Waals surface area contributed by atoms with Gasteiger partial charge in [-0.2, -0.15) is 0 Å². The van der Waals surface area contributed by atoms with E-state index in [2.05, 4.69) is 4.57 Å². The van der Waals surface area contributed by atoms with E-state index in [4.69, 9.17) is 4.74 Å². The minimum Gasteiger partial charge on any atom is -0.469 e. The molecular weight excluding hydrogens is 330 g/mol. The number of fused-ring (bicyclic) bond motifs is 3. The molecule has 0 aliphatic rings. The molecule has 0 amide bonds. The van der Waals surface area contributed by atoms with E-state index in [0.717, 1.165) is 21.8 Å². The van der Waals surface area contributed by atoms with E-state index < -0.39 is 0 Å². The average molecular weight is 351 g/mol. The number of benzene rings is 2. The van der Waals surface area contributed by atoms with E-state index in [0.29, 0.717) is 30.5 Å². The van der Waals surface area contributed by atoms with E-state index >= 15 is 0 Å². The van der Waals surface area contributed by atoms with Crippen molar-refractivity contribution in [3.8, 4) is 0 Å². The highest BCUT2D eigenvalue weighted by molar-refractivity contribution is 6.12. The number of aryl methyl sites for hydroxylation is 1. The van der Waals surface area contributed by atoms with Gasteiger partial charge in [-0.15, -0.1) is 0 Å². The summed E-state index contributed by atoms with van der Waals surface area (Å²) in [5, 5.41) is 1.88. The molecule has 5 nitrogen and oxygen atoms in total. The van der Waals surface area contributed by atoms with Gasteiger partial charge in [-0.05, 0) is 56.7 Å². The van der Waals surface area contributed by atoms with Gasteiger partial charge >= 0.3 is 5.97 Å². The van der Waals surface area contributed by atoms with Crippen LogP contribution < -0.4 is 0 Å². The molecule has 0 aliphatic carbocycles. The standard InChI is InChI=1S/C21H21NO4/c1-13(23)15-6-8-19-17(11-15)18-12-16(14(2)24)7-9-20(18)22(19)10-4-5-21(25)26-3/h6-9,11-12H,4-5,10H2,1-3H3. The Morgan fingerprint density at radius 3 is 1.81 bits per heavy atom. The maximum absolute atomic E-state index is 11.8. The van der Waals surface area contributed by atoms with Gasteiger partial charge in [0, 0.05) is 45.9 Å². The number of ketones is 2. The summed E-state index contributed by atoms with van der Waals surface area (Å²) in [6, 6.07) is 11.2. The fourth-order valence-electron chi connectivity index (χ4n) is 3.27. The van der Waals surface area contributed by atoms with Crippen LogP contribution in [0.15, 0.2) is 36.4 Å². The number of carbonyl (C=O) groups is 3. The fraction of sp³-hybridized carbons (Fsp3) is 0.286. The van der Waals surface area contributed by atoms with E-state index in [1.54, 1.807) is 0 Å². The monoisotopic (exact) mass is 351 g/mol. The highest BCUT2D eigenvalue weighted by atomic mass is 16.5. The van der Waals surface area contributed by atoms with Crippen LogP contribution in [0, 0.1) is 0 Å². The van der Waals surface area contributed by atoms with Gasteiger partial charge in [0.05, 0.1) is 7.11 Å². The van der Waals surface area contributed by atoms with Gasteiger partial charge in [-0.1, -0.05) is 0 Å². The lowest BCUT2D eigenvalue weighted by atomic mass is 10.0. The molecule has 134 valence electrons. The third-order valence-electron chi connectivity index (χ3n) is 4.67. The molecule has 26 heavy (non-hydrogen) atoms. The smallest absolute Gasteiger partial charge is 0.305 e. The summed E-state index contributed by atoms with van der Waals surface area (Å²) < 4.78 is 6.83. The van der Waals surface area contributed by atoms with E-state index in [9.17, 15) is 14.4 Å². The molecule has 0 N–H and O–H groups in total. The van der Waals surface area contributed by atoms with Crippen LogP contribution in [0.2, 0.25) is 0 Å². The molecule has 0 spiro atoms. The molecule has 5 heteroatoms. The fourth-order valence-corrected chi connectivity index (χ4v) is 3.27. The number of Topliss-reactive ketones (excluding diaryl/α,β-unsaturated/α-hetero) is 2. The zero-order chi connectivity index (χ0) is 18.8. The van der Waals surface area contributed by atoms with Gasteiger partial charge in [0.2, 0.25) is 0 Å². The van der Waals surface area contributed by atoms with Gasteiger partial charge in [0.15, 0.2) is 11.6 Å². The van der Waals surface area contributed by atoms with Gasteiger partial charge in [0.1, 0.15) is 0 Å². The molecule has 0 bridgehead atoms. The Bertz CT molecular complexity index is 958. The molecule has 0 atom stereocenters. The van der Waals surface area contributed by atoms with Crippen molar-refractivity contribution in [2.24, 2.45) is 0 Å².